The maximum absolute atomic E-state index is 13.1. The van der Waals surface area contributed by atoms with Crippen LogP contribution in [0.15, 0.2) is 58.7 Å². The van der Waals surface area contributed by atoms with E-state index in [4.69, 9.17) is 5.14 Å². The molecule has 0 spiro atoms. The monoisotopic (exact) mass is 387 g/mol. The predicted molar refractivity (Wildman–Crippen MR) is 101 cm³/mol. The van der Waals surface area contributed by atoms with Gasteiger partial charge in [0.15, 0.2) is 5.82 Å². The van der Waals surface area contributed by atoms with Crippen molar-refractivity contribution in [3.05, 3.63) is 70.5 Å². The lowest BCUT2D eigenvalue weighted by Crippen LogP contribution is -2.32. The zero-order chi connectivity index (χ0) is 19.8. The van der Waals surface area contributed by atoms with Crippen molar-refractivity contribution in [3.63, 3.8) is 0 Å². The maximum atomic E-state index is 13.1. The van der Waals surface area contributed by atoms with Gasteiger partial charge < -0.3 is 0 Å². The Kier molecular flexibility index (Phi) is 4.75. The molecule has 0 saturated heterocycles. The van der Waals surface area contributed by atoms with Gasteiger partial charge in [-0.15, -0.1) is 0 Å². The van der Waals surface area contributed by atoms with Gasteiger partial charge in [0.2, 0.25) is 10.0 Å². The highest BCUT2D eigenvalue weighted by molar-refractivity contribution is 7.89. The molecule has 0 atom stereocenters. The van der Waals surface area contributed by atoms with E-state index < -0.39 is 15.6 Å². The van der Waals surface area contributed by atoms with Crippen LogP contribution >= 0.6 is 0 Å². The van der Waals surface area contributed by atoms with Crippen molar-refractivity contribution >= 4 is 10.0 Å². The summed E-state index contributed by atoms with van der Waals surface area (Å²) in [5, 5.41) is 5.12. The lowest BCUT2D eigenvalue weighted by Gasteiger charge is -2.24. The second kappa shape index (κ2) is 6.75. The van der Waals surface area contributed by atoms with Crippen molar-refractivity contribution in [1.82, 2.24) is 19.3 Å². The smallest absolute Gasteiger partial charge is 0.276 e. The van der Waals surface area contributed by atoms with Crippen LogP contribution < -0.4 is 10.7 Å². The third-order valence-corrected chi connectivity index (χ3v) is 4.93. The Bertz CT molecular complexity index is 1110. The Labute approximate surface area is 157 Å². The van der Waals surface area contributed by atoms with Crippen molar-refractivity contribution in [2.75, 3.05) is 0 Å². The van der Waals surface area contributed by atoms with Crippen LogP contribution in [0.1, 0.15) is 31.9 Å². The summed E-state index contributed by atoms with van der Waals surface area (Å²) in [5.74, 6) is 0.319. The Morgan fingerprint density at radius 2 is 1.89 bits per heavy atom. The molecule has 0 radical (unpaired) electrons. The minimum absolute atomic E-state index is 0.108. The minimum Gasteiger partial charge on any atom is -0.278 e. The van der Waals surface area contributed by atoms with Gasteiger partial charge in [0.25, 0.3) is 5.56 Å². The molecule has 27 heavy (non-hydrogen) atoms. The van der Waals surface area contributed by atoms with Gasteiger partial charge in [-0.3, -0.25) is 14.5 Å². The van der Waals surface area contributed by atoms with E-state index in [2.05, 4.69) is 9.97 Å². The number of nitrogens with two attached hydrogens (primary N) is 1. The molecule has 0 unspecified atom stereocenters. The first-order chi connectivity index (χ1) is 12.6. The lowest BCUT2D eigenvalue weighted by molar-refractivity contribution is 0.324. The van der Waals surface area contributed by atoms with Crippen LogP contribution in [0.2, 0.25) is 0 Å². The van der Waals surface area contributed by atoms with Gasteiger partial charge in [-0.2, -0.15) is 4.68 Å². The van der Waals surface area contributed by atoms with Crippen molar-refractivity contribution < 1.29 is 8.42 Å². The van der Waals surface area contributed by atoms with Gasteiger partial charge in [0.1, 0.15) is 4.90 Å². The summed E-state index contributed by atoms with van der Waals surface area (Å²) in [6.45, 7) is 5.90. The molecule has 0 aromatic carbocycles. The first-order valence-electron chi connectivity index (χ1n) is 8.29. The summed E-state index contributed by atoms with van der Waals surface area (Å²) in [6.07, 6.45) is 6.78. The minimum atomic E-state index is -3.85. The van der Waals surface area contributed by atoms with E-state index >= 15 is 0 Å². The van der Waals surface area contributed by atoms with E-state index in [9.17, 15) is 13.2 Å². The van der Waals surface area contributed by atoms with Crippen LogP contribution in [0.25, 0.3) is 5.82 Å². The summed E-state index contributed by atoms with van der Waals surface area (Å²) >= 11 is 0. The molecule has 3 aromatic heterocycles. The van der Waals surface area contributed by atoms with Crippen LogP contribution in [0, 0.1) is 0 Å². The highest BCUT2D eigenvalue weighted by Gasteiger charge is 2.22. The summed E-state index contributed by atoms with van der Waals surface area (Å²) in [4.78, 5) is 21.2. The first kappa shape index (κ1) is 19.0. The molecule has 8 nitrogen and oxygen atoms in total. The molecule has 9 heteroatoms. The number of rotatable bonds is 4. The van der Waals surface area contributed by atoms with E-state index in [1.165, 1.54) is 16.8 Å². The highest BCUT2D eigenvalue weighted by atomic mass is 32.2. The van der Waals surface area contributed by atoms with E-state index in [0.717, 1.165) is 11.8 Å². The van der Waals surface area contributed by atoms with E-state index in [0.29, 0.717) is 17.8 Å². The standard InChI is InChI=1S/C18H21N5O3S/c1-18(2,3)22-12-14(9-13-5-4-8-20-10-13)17(24)23(22)16-7-6-15(11-21-16)27(19,25)26/h4-8,10-12H,9H2,1-3H3,(H2,19,25,26). The van der Waals surface area contributed by atoms with Gasteiger partial charge in [0.05, 0.1) is 5.54 Å². The number of hydrogen-bond donors (Lipinski definition) is 1. The van der Waals surface area contributed by atoms with Crippen molar-refractivity contribution in [1.29, 1.82) is 0 Å². The summed E-state index contributed by atoms with van der Waals surface area (Å²) < 4.78 is 26.1. The number of pyridine rings is 2. The van der Waals surface area contributed by atoms with Crippen LogP contribution in [0.3, 0.4) is 0 Å². The van der Waals surface area contributed by atoms with Crippen molar-refractivity contribution in [2.45, 2.75) is 37.6 Å². The molecule has 3 rings (SSSR count). The Balaban J connectivity index is 2.12. The molecule has 0 aliphatic heterocycles. The molecule has 0 aliphatic rings. The molecular weight excluding hydrogens is 366 g/mol. The van der Waals surface area contributed by atoms with Gasteiger partial charge in [-0.05, 0) is 44.5 Å². The second-order valence-electron chi connectivity index (χ2n) is 7.22. The third kappa shape index (κ3) is 3.99. The van der Waals surface area contributed by atoms with Crippen molar-refractivity contribution in [3.8, 4) is 5.82 Å². The fourth-order valence-electron chi connectivity index (χ4n) is 2.71. The highest BCUT2D eigenvalue weighted by Crippen LogP contribution is 2.18. The number of hydrogen-bond acceptors (Lipinski definition) is 5. The number of primary sulfonamides is 1. The average molecular weight is 387 g/mol. The molecule has 0 fully saturated rings. The average Bonchev–Trinajstić information content (AvgIpc) is 2.92. The molecule has 3 aromatic rings. The normalized spacial score (nSPS) is 12.3. The van der Waals surface area contributed by atoms with Gasteiger partial charge >= 0.3 is 0 Å². The summed E-state index contributed by atoms with van der Waals surface area (Å²) in [6, 6.07) is 6.54. The Morgan fingerprint density at radius 3 is 2.41 bits per heavy atom. The third-order valence-electron chi connectivity index (χ3n) is 4.03. The summed E-state index contributed by atoms with van der Waals surface area (Å²) in [7, 11) is -3.85. The zero-order valence-electron chi connectivity index (χ0n) is 15.3. The molecule has 0 amide bonds. The van der Waals surface area contributed by atoms with Crippen LogP contribution in [0.5, 0.6) is 0 Å². The number of sulfonamides is 1. The van der Waals surface area contributed by atoms with Gasteiger partial charge in [0, 0.05) is 36.8 Å². The SMILES string of the molecule is CC(C)(C)n1cc(Cc2cccnc2)c(=O)n1-c1ccc(S(N)(=O)=O)cn1. The topological polar surface area (TPSA) is 113 Å². The maximum Gasteiger partial charge on any atom is 0.276 e. The van der Waals surface area contributed by atoms with Gasteiger partial charge in [-0.1, -0.05) is 6.07 Å². The van der Waals surface area contributed by atoms with E-state index in [1.807, 2.05) is 32.9 Å². The van der Waals surface area contributed by atoms with E-state index in [-0.39, 0.29) is 10.5 Å². The Hall–Kier alpha value is -2.78. The quantitative estimate of drug-likeness (QED) is 0.727. The molecule has 142 valence electrons. The molecule has 0 aliphatic carbocycles. The number of aromatic nitrogens is 4. The first-order valence-corrected chi connectivity index (χ1v) is 9.84. The van der Waals surface area contributed by atoms with Crippen LogP contribution in [0.4, 0.5) is 0 Å². The Morgan fingerprint density at radius 1 is 1.15 bits per heavy atom. The molecule has 3 heterocycles. The fraction of sp³-hybridized carbons (Fsp3) is 0.278. The molecular formula is C18H21N5O3S. The van der Waals surface area contributed by atoms with Crippen LogP contribution in [-0.2, 0) is 22.0 Å². The van der Waals surface area contributed by atoms with Crippen molar-refractivity contribution in [2.24, 2.45) is 5.14 Å². The fourth-order valence-corrected chi connectivity index (χ4v) is 3.17. The number of nitrogens with zero attached hydrogens (tertiary/aromatic N) is 4. The molecule has 0 saturated carbocycles. The van der Waals surface area contributed by atoms with E-state index in [1.54, 1.807) is 23.3 Å². The second-order valence-corrected chi connectivity index (χ2v) is 8.78. The predicted octanol–water partition coefficient (Wildman–Crippen LogP) is 1.42. The summed E-state index contributed by atoms with van der Waals surface area (Å²) in [5.41, 5.74) is 0.900. The molecule has 2 N–H and O–H groups in total. The van der Waals surface area contributed by atoms with Crippen LogP contribution in [-0.4, -0.2) is 27.7 Å². The largest absolute Gasteiger partial charge is 0.278 e. The van der Waals surface area contributed by atoms with Gasteiger partial charge in [-0.25, -0.2) is 18.5 Å². The zero-order valence-corrected chi connectivity index (χ0v) is 16.1. The lowest BCUT2D eigenvalue weighted by atomic mass is 10.1. The molecule has 0 bridgehead atoms.